The Morgan fingerprint density at radius 2 is 1.68 bits per heavy atom. The molecule has 0 aliphatic rings. The van der Waals surface area contributed by atoms with Gasteiger partial charge in [-0.2, -0.15) is 14.0 Å². The van der Waals surface area contributed by atoms with Crippen molar-refractivity contribution in [3.8, 4) is 29.1 Å². The number of methoxy groups -OCH3 is 2. The molecule has 0 aliphatic carbocycles. The Bertz CT molecular complexity index is 1220. The number of hydrogen-bond donors (Lipinski definition) is 0. The molecule has 0 amide bonds. The fraction of sp³-hybridized carbons (Fsp3) is 0.154. The lowest BCUT2D eigenvalue weighted by atomic mass is 10.1. The molecule has 3 aromatic rings. The number of rotatable bonds is 10. The fourth-order valence-electron chi connectivity index (χ4n) is 3.08. The van der Waals surface area contributed by atoms with E-state index in [4.69, 9.17) is 19.5 Å². The Morgan fingerprint density at radius 1 is 0.971 bits per heavy atom. The number of carbonyl (C=O) groups is 1. The molecule has 3 aromatic carbocycles. The van der Waals surface area contributed by atoms with E-state index in [1.165, 1.54) is 31.4 Å². The Morgan fingerprint density at radius 3 is 2.32 bits per heavy atom. The number of nitriles is 1. The number of allylic oxidation sites excluding steroid dienone is 1. The van der Waals surface area contributed by atoms with Crippen molar-refractivity contribution in [2.75, 3.05) is 14.2 Å². The molecule has 174 valence electrons. The van der Waals surface area contributed by atoms with Crippen LogP contribution < -0.4 is 18.9 Å². The number of hydrogen-bond acceptors (Lipinski definition) is 6. The van der Waals surface area contributed by atoms with E-state index in [-0.39, 0.29) is 29.5 Å². The number of halogens is 2. The predicted octanol–water partition coefficient (Wildman–Crippen LogP) is 5.65. The smallest absolute Gasteiger partial charge is 0.387 e. The minimum absolute atomic E-state index is 0.0336. The molecule has 0 bridgehead atoms. The topological polar surface area (TPSA) is 77.8 Å². The average molecular weight is 465 g/mol. The highest BCUT2D eigenvalue weighted by Gasteiger charge is 2.13. The van der Waals surface area contributed by atoms with E-state index in [9.17, 15) is 13.6 Å². The number of carbonyl (C=O) groups excluding carboxylic acids is 1. The molecule has 0 atom stereocenters. The van der Waals surface area contributed by atoms with Crippen LogP contribution in [0.2, 0.25) is 0 Å². The Hall–Kier alpha value is -4.38. The second-order valence-corrected chi connectivity index (χ2v) is 6.94. The van der Waals surface area contributed by atoms with Gasteiger partial charge in [0, 0.05) is 11.1 Å². The molecule has 0 spiro atoms. The third-order valence-corrected chi connectivity index (χ3v) is 4.77. The van der Waals surface area contributed by atoms with Gasteiger partial charge in [0.2, 0.25) is 0 Å². The summed E-state index contributed by atoms with van der Waals surface area (Å²) in [6, 6.07) is 18.2. The van der Waals surface area contributed by atoms with Gasteiger partial charge in [0.15, 0.2) is 17.3 Å². The second kappa shape index (κ2) is 11.5. The largest absolute Gasteiger partial charge is 0.496 e. The molecule has 8 heteroatoms. The molecule has 0 heterocycles. The van der Waals surface area contributed by atoms with Crippen LogP contribution in [0.5, 0.6) is 23.0 Å². The summed E-state index contributed by atoms with van der Waals surface area (Å²) in [4.78, 5) is 12.6. The SMILES string of the molecule is COc1ccc(/C=C/C(=O)c2ccc(OC(F)F)c(OC)c2)cc1COc1ccc(C#N)cc1. The van der Waals surface area contributed by atoms with Gasteiger partial charge in [0.05, 0.1) is 25.9 Å². The fourth-order valence-corrected chi connectivity index (χ4v) is 3.08. The maximum atomic E-state index is 12.6. The van der Waals surface area contributed by atoms with Gasteiger partial charge in [-0.15, -0.1) is 0 Å². The van der Waals surface area contributed by atoms with Crippen molar-refractivity contribution in [3.05, 3.63) is 89.0 Å². The first kappa shape index (κ1) is 24.3. The van der Waals surface area contributed by atoms with Crippen molar-refractivity contribution in [1.29, 1.82) is 5.26 Å². The van der Waals surface area contributed by atoms with Crippen molar-refractivity contribution in [3.63, 3.8) is 0 Å². The quantitative estimate of drug-likeness (QED) is 0.284. The molecule has 34 heavy (non-hydrogen) atoms. The molecule has 0 radical (unpaired) electrons. The molecule has 0 fully saturated rings. The van der Waals surface area contributed by atoms with Gasteiger partial charge in [-0.05, 0) is 66.2 Å². The van der Waals surface area contributed by atoms with Crippen LogP contribution >= 0.6 is 0 Å². The van der Waals surface area contributed by atoms with E-state index in [1.54, 1.807) is 49.6 Å². The van der Waals surface area contributed by atoms with Gasteiger partial charge in [-0.3, -0.25) is 4.79 Å². The third-order valence-electron chi connectivity index (χ3n) is 4.77. The van der Waals surface area contributed by atoms with Crippen LogP contribution in [0.15, 0.2) is 66.7 Å². The number of ketones is 1. The summed E-state index contributed by atoms with van der Waals surface area (Å²) < 4.78 is 45.6. The number of alkyl halides is 2. The Balaban J connectivity index is 1.73. The van der Waals surface area contributed by atoms with Crippen molar-refractivity contribution >= 4 is 11.9 Å². The highest BCUT2D eigenvalue weighted by molar-refractivity contribution is 6.07. The summed E-state index contributed by atoms with van der Waals surface area (Å²) in [7, 11) is 2.85. The van der Waals surface area contributed by atoms with Crippen LogP contribution in [0.25, 0.3) is 6.08 Å². The Labute approximate surface area is 195 Å². The molecular weight excluding hydrogens is 444 g/mol. The van der Waals surface area contributed by atoms with E-state index < -0.39 is 6.61 Å². The number of ether oxygens (including phenoxy) is 4. The molecule has 6 nitrogen and oxygen atoms in total. The monoisotopic (exact) mass is 465 g/mol. The molecule has 3 rings (SSSR count). The van der Waals surface area contributed by atoms with E-state index >= 15 is 0 Å². The van der Waals surface area contributed by atoms with E-state index in [2.05, 4.69) is 10.8 Å². The first-order valence-electron chi connectivity index (χ1n) is 10.1. The lowest BCUT2D eigenvalue weighted by Gasteiger charge is -2.11. The van der Waals surface area contributed by atoms with Crippen molar-refractivity contribution in [1.82, 2.24) is 0 Å². The summed E-state index contributed by atoms with van der Waals surface area (Å²) in [5.41, 5.74) is 2.29. The van der Waals surface area contributed by atoms with Gasteiger partial charge < -0.3 is 18.9 Å². The highest BCUT2D eigenvalue weighted by Crippen LogP contribution is 2.30. The summed E-state index contributed by atoms with van der Waals surface area (Å²) in [6.07, 6.45) is 3.00. The highest BCUT2D eigenvalue weighted by atomic mass is 19.3. The van der Waals surface area contributed by atoms with Crippen molar-refractivity contribution in [2.45, 2.75) is 13.2 Å². The zero-order valence-electron chi connectivity index (χ0n) is 18.5. The molecule has 0 aromatic heterocycles. The van der Waals surface area contributed by atoms with Crippen molar-refractivity contribution < 1.29 is 32.5 Å². The van der Waals surface area contributed by atoms with Gasteiger partial charge in [-0.25, -0.2) is 0 Å². The zero-order chi connectivity index (χ0) is 24.5. The predicted molar refractivity (Wildman–Crippen MR) is 121 cm³/mol. The van der Waals surface area contributed by atoms with E-state index in [1.807, 2.05) is 6.07 Å². The normalized spacial score (nSPS) is 10.7. The molecular formula is C26H21F2NO5. The molecule has 0 aliphatic heterocycles. The first-order chi connectivity index (χ1) is 16.4. The molecule has 0 N–H and O–H groups in total. The average Bonchev–Trinajstić information content (AvgIpc) is 2.86. The number of benzene rings is 3. The van der Waals surface area contributed by atoms with Gasteiger partial charge in [-0.1, -0.05) is 12.1 Å². The first-order valence-corrected chi connectivity index (χ1v) is 10.1. The lowest BCUT2D eigenvalue weighted by Crippen LogP contribution is -2.04. The number of nitrogens with zero attached hydrogens (tertiary/aromatic N) is 1. The lowest BCUT2D eigenvalue weighted by molar-refractivity contribution is -0.0512. The van der Waals surface area contributed by atoms with E-state index in [0.717, 1.165) is 11.1 Å². The van der Waals surface area contributed by atoms with Crippen LogP contribution in [0.4, 0.5) is 8.78 Å². The zero-order valence-corrected chi connectivity index (χ0v) is 18.5. The molecule has 0 saturated heterocycles. The molecule has 0 saturated carbocycles. The second-order valence-electron chi connectivity index (χ2n) is 6.94. The maximum absolute atomic E-state index is 12.6. The van der Waals surface area contributed by atoms with Gasteiger partial charge in [0.25, 0.3) is 0 Å². The summed E-state index contributed by atoms with van der Waals surface area (Å²) >= 11 is 0. The minimum Gasteiger partial charge on any atom is -0.496 e. The standard InChI is InChI=1S/C26H21F2NO5/c1-31-23-11-6-17(13-20(23)16-33-21-8-3-18(15-29)4-9-21)5-10-22(30)19-7-12-24(34-26(27)28)25(14-19)32-2/h3-14,26H,16H2,1-2H3/b10-5+. The van der Waals surface area contributed by atoms with Crippen LogP contribution in [0.3, 0.4) is 0 Å². The van der Waals surface area contributed by atoms with Crippen LogP contribution in [-0.2, 0) is 6.61 Å². The minimum atomic E-state index is -3.00. The van der Waals surface area contributed by atoms with Crippen LogP contribution in [0.1, 0.15) is 27.0 Å². The third kappa shape index (κ3) is 6.33. The molecule has 0 unspecified atom stereocenters. The van der Waals surface area contributed by atoms with Crippen molar-refractivity contribution in [2.24, 2.45) is 0 Å². The maximum Gasteiger partial charge on any atom is 0.387 e. The Kier molecular flexibility index (Phi) is 8.19. The summed E-state index contributed by atoms with van der Waals surface area (Å²) in [5, 5.41) is 8.89. The summed E-state index contributed by atoms with van der Waals surface area (Å²) in [6.45, 7) is -2.78. The van der Waals surface area contributed by atoms with Gasteiger partial charge >= 0.3 is 6.61 Å². The van der Waals surface area contributed by atoms with Gasteiger partial charge in [0.1, 0.15) is 18.1 Å². The van der Waals surface area contributed by atoms with E-state index in [0.29, 0.717) is 17.1 Å². The van der Waals surface area contributed by atoms with Crippen LogP contribution in [0, 0.1) is 11.3 Å². The summed E-state index contributed by atoms with van der Waals surface area (Å²) in [5.74, 6) is 0.765. The van der Waals surface area contributed by atoms with Crippen LogP contribution in [-0.4, -0.2) is 26.6 Å².